The van der Waals surface area contributed by atoms with Gasteiger partial charge in [-0.3, -0.25) is 4.79 Å². The summed E-state index contributed by atoms with van der Waals surface area (Å²) in [5.41, 5.74) is 4.62. The number of nitrogens with zero attached hydrogens (tertiary/aromatic N) is 1. The smallest absolute Gasteiger partial charge is 0.338 e. The zero-order chi connectivity index (χ0) is 26.8. The Morgan fingerprint density at radius 2 is 1.87 bits per heavy atom. The van der Waals surface area contributed by atoms with Crippen molar-refractivity contribution in [1.29, 1.82) is 0 Å². The van der Waals surface area contributed by atoms with Crippen LogP contribution in [0.15, 0.2) is 36.4 Å². The fraction of sp³-hybridized carbons (Fsp3) is 0.500. The van der Waals surface area contributed by atoms with Crippen LogP contribution in [0.25, 0.3) is 22.2 Å². The maximum absolute atomic E-state index is 13.2. The molecule has 6 rings (SSSR count). The van der Waals surface area contributed by atoms with Gasteiger partial charge in [-0.2, -0.15) is 0 Å². The maximum Gasteiger partial charge on any atom is 0.338 e. The van der Waals surface area contributed by atoms with E-state index in [4.69, 9.17) is 9.47 Å². The van der Waals surface area contributed by atoms with Gasteiger partial charge in [0.25, 0.3) is 0 Å². The lowest BCUT2D eigenvalue weighted by Crippen LogP contribution is -2.27. The summed E-state index contributed by atoms with van der Waals surface area (Å²) < 4.78 is 13.6. The third-order valence-corrected chi connectivity index (χ3v) is 9.40. The lowest BCUT2D eigenvalue weighted by molar-refractivity contribution is -0.144. The summed E-state index contributed by atoms with van der Waals surface area (Å²) in [4.78, 5) is 25.9. The molecule has 2 unspecified atom stereocenters. The van der Waals surface area contributed by atoms with E-state index in [1.807, 2.05) is 45.0 Å². The first kappa shape index (κ1) is 25.0. The second-order valence-corrected chi connectivity index (χ2v) is 12.1. The fourth-order valence-electron chi connectivity index (χ4n) is 6.79. The molecule has 0 saturated heterocycles. The Bertz CT molecular complexity index is 1440. The first-order chi connectivity index (χ1) is 18.2. The van der Waals surface area contributed by atoms with Gasteiger partial charge in [0.15, 0.2) is 0 Å². The van der Waals surface area contributed by atoms with Crippen molar-refractivity contribution < 1.29 is 24.2 Å². The molecular weight excluding hydrogens is 478 g/mol. The molecule has 6 heteroatoms. The molecule has 2 aliphatic carbocycles. The largest absolute Gasteiger partial charge is 0.497 e. The minimum atomic E-state index is -0.858. The van der Waals surface area contributed by atoms with Gasteiger partial charge in [0.1, 0.15) is 11.4 Å². The van der Waals surface area contributed by atoms with Crippen LogP contribution in [0.2, 0.25) is 0 Å². The highest BCUT2D eigenvalue weighted by molar-refractivity contribution is 6.00. The average molecular weight is 516 g/mol. The third-order valence-electron chi connectivity index (χ3n) is 9.40. The summed E-state index contributed by atoms with van der Waals surface area (Å²) in [6, 6.07) is 12.0. The summed E-state index contributed by atoms with van der Waals surface area (Å²) >= 11 is 0. The van der Waals surface area contributed by atoms with Crippen LogP contribution < -0.4 is 4.74 Å². The van der Waals surface area contributed by atoms with Crippen molar-refractivity contribution in [2.75, 3.05) is 7.11 Å². The number of carboxylic acid groups (broad SMARTS) is 1. The quantitative estimate of drug-likeness (QED) is 0.349. The van der Waals surface area contributed by atoms with Gasteiger partial charge in [-0.25, -0.2) is 4.79 Å². The molecule has 0 spiro atoms. The van der Waals surface area contributed by atoms with Gasteiger partial charge in [0, 0.05) is 28.9 Å². The van der Waals surface area contributed by atoms with Gasteiger partial charge < -0.3 is 19.1 Å². The number of aromatic nitrogens is 1. The topological polar surface area (TPSA) is 77.8 Å². The van der Waals surface area contributed by atoms with E-state index < -0.39 is 17.0 Å². The highest BCUT2D eigenvalue weighted by Gasteiger charge is 2.63. The Morgan fingerprint density at radius 1 is 1.11 bits per heavy atom. The van der Waals surface area contributed by atoms with E-state index in [-0.39, 0.29) is 11.9 Å². The van der Waals surface area contributed by atoms with Crippen molar-refractivity contribution in [1.82, 2.24) is 4.57 Å². The number of hydrogen-bond donors (Lipinski definition) is 1. The van der Waals surface area contributed by atoms with Crippen LogP contribution in [-0.4, -0.2) is 34.3 Å². The maximum atomic E-state index is 13.2. The Morgan fingerprint density at radius 3 is 2.55 bits per heavy atom. The third kappa shape index (κ3) is 3.83. The monoisotopic (exact) mass is 515 g/mol. The predicted molar refractivity (Wildman–Crippen MR) is 147 cm³/mol. The number of fused-ring (bicyclic) bond motifs is 7. The predicted octanol–water partition coefficient (Wildman–Crippen LogP) is 7.28. The van der Waals surface area contributed by atoms with E-state index >= 15 is 0 Å². The summed E-state index contributed by atoms with van der Waals surface area (Å²) in [6.07, 6.45) is 7.22. The van der Waals surface area contributed by atoms with Crippen molar-refractivity contribution >= 4 is 22.8 Å². The fourth-order valence-corrected chi connectivity index (χ4v) is 6.79. The number of carbonyl (C=O) groups is 2. The van der Waals surface area contributed by atoms with E-state index in [1.165, 1.54) is 24.8 Å². The Labute approximate surface area is 223 Å². The number of ether oxygens (including phenoxy) is 2. The minimum Gasteiger partial charge on any atom is -0.497 e. The lowest BCUT2D eigenvalue weighted by atomic mass is 9.81. The molecule has 1 aliphatic heterocycles. The van der Waals surface area contributed by atoms with E-state index in [9.17, 15) is 14.7 Å². The van der Waals surface area contributed by atoms with Crippen LogP contribution in [0.5, 0.6) is 5.75 Å². The number of esters is 1. The summed E-state index contributed by atoms with van der Waals surface area (Å²) in [6.45, 7) is 6.23. The number of carbonyl (C=O) groups excluding carboxylic acids is 1. The van der Waals surface area contributed by atoms with Gasteiger partial charge in [-0.15, -0.1) is 0 Å². The Balaban J connectivity index is 1.61. The molecular formula is C32H37NO5. The van der Waals surface area contributed by atoms with Crippen LogP contribution in [-0.2, 0) is 16.1 Å². The Kier molecular flexibility index (Phi) is 5.85. The average Bonchev–Trinajstić information content (AvgIpc) is 3.59. The molecule has 0 bridgehead atoms. The summed E-state index contributed by atoms with van der Waals surface area (Å²) in [5, 5.41) is 11.6. The first-order valence-corrected chi connectivity index (χ1v) is 14.0. The molecule has 2 saturated carbocycles. The van der Waals surface area contributed by atoms with Crippen LogP contribution in [0, 0.1) is 5.41 Å². The van der Waals surface area contributed by atoms with Gasteiger partial charge in [-0.05, 0) is 86.9 Å². The van der Waals surface area contributed by atoms with Crippen molar-refractivity contribution in [3.05, 3.63) is 53.1 Å². The zero-order valence-corrected chi connectivity index (χ0v) is 22.8. The van der Waals surface area contributed by atoms with Crippen molar-refractivity contribution in [3.63, 3.8) is 0 Å². The molecule has 2 heterocycles. The summed E-state index contributed by atoms with van der Waals surface area (Å²) in [7, 11) is 1.65. The van der Waals surface area contributed by atoms with Crippen molar-refractivity contribution in [2.45, 2.75) is 89.7 Å². The number of rotatable bonds is 6. The molecule has 200 valence electrons. The van der Waals surface area contributed by atoms with Gasteiger partial charge >= 0.3 is 11.9 Å². The first-order valence-electron chi connectivity index (χ1n) is 14.0. The van der Waals surface area contributed by atoms with E-state index in [0.29, 0.717) is 24.4 Å². The number of carboxylic acids is 1. The van der Waals surface area contributed by atoms with E-state index in [0.717, 1.165) is 52.7 Å². The van der Waals surface area contributed by atoms with Crippen LogP contribution in [0.4, 0.5) is 0 Å². The van der Waals surface area contributed by atoms with E-state index in [1.54, 1.807) is 7.11 Å². The molecule has 1 N–H and O–H groups in total. The molecule has 38 heavy (non-hydrogen) atoms. The molecule has 2 fully saturated rings. The SMILES string of the molecule is CCC(C)(C)OC(=O)c1ccc2c(C3CCCCC3)c3n(c2c1)CC1(C(=O)O)CC1c1cc(OC)ccc1-3. The molecule has 2 aromatic carbocycles. The second kappa shape index (κ2) is 8.89. The Hall–Kier alpha value is -3.28. The number of methoxy groups -OCH3 is 1. The normalized spacial score (nSPS) is 22.7. The second-order valence-electron chi connectivity index (χ2n) is 12.1. The standard InChI is InChI=1S/C32H37NO5/c1-5-31(2,3)38-29(34)20-11-13-23-26(15-20)33-18-32(30(35)36)17-25(32)24-16-21(37-4)12-14-22(24)28(33)27(23)19-9-7-6-8-10-19/h11-16,19,25H,5-10,17-18H2,1-4H3,(H,35,36). The number of aliphatic carboxylic acids is 1. The number of hydrogen-bond acceptors (Lipinski definition) is 4. The lowest BCUT2D eigenvalue weighted by Gasteiger charge is -2.24. The molecule has 2 atom stereocenters. The minimum absolute atomic E-state index is 0.0576. The van der Waals surface area contributed by atoms with Gasteiger partial charge in [-0.1, -0.05) is 32.3 Å². The molecule has 3 aliphatic rings. The molecule has 0 radical (unpaired) electrons. The van der Waals surface area contributed by atoms with Gasteiger partial charge in [0.2, 0.25) is 0 Å². The van der Waals surface area contributed by atoms with Crippen LogP contribution in [0.3, 0.4) is 0 Å². The molecule has 1 aromatic heterocycles. The highest BCUT2D eigenvalue weighted by Crippen LogP contribution is 2.65. The van der Waals surface area contributed by atoms with E-state index in [2.05, 4.69) is 16.7 Å². The molecule has 0 amide bonds. The summed E-state index contributed by atoms with van der Waals surface area (Å²) in [5.74, 6) is -0.000469. The zero-order valence-electron chi connectivity index (χ0n) is 22.8. The molecule has 3 aromatic rings. The van der Waals surface area contributed by atoms with Crippen molar-refractivity contribution in [2.24, 2.45) is 5.41 Å². The van der Waals surface area contributed by atoms with Crippen LogP contribution in [0.1, 0.15) is 99.0 Å². The van der Waals surface area contributed by atoms with Crippen molar-refractivity contribution in [3.8, 4) is 17.0 Å². The van der Waals surface area contributed by atoms with Crippen LogP contribution >= 0.6 is 0 Å². The number of benzene rings is 2. The highest BCUT2D eigenvalue weighted by atomic mass is 16.6. The molecule has 6 nitrogen and oxygen atoms in total. The van der Waals surface area contributed by atoms with Gasteiger partial charge in [0.05, 0.1) is 23.8 Å².